The third kappa shape index (κ3) is 3.24. The van der Waals surface area contributed by atoms with E-state index in [0.717, 1.165) is 46.0 Å². The fourth-order valence-corrected chi connectivity index (χ4v) is 4.10. The summed E-state index contributed by atoms with van der Waals surface area (Å²) in [6.07, 6.45) is 6.29. The van der Waals surface area contributed by atoms with Gasteiger partial charge in [0, 0.05) is 17.9 Å². The first-order chi connectivity index (χ1) is 12.4. The Kier molecular flexibility index (Phi) is 4.28. The molecule has 1 aromatic carbocycles. The van der Waals surface area contributed by atoms with Gasteiger partial charge in [-0.15, -0.1) is 16.4 Å². The molecular weight excluding hydrogens is 346 g/mol. The minimum Gasteiger partial charge on any atom is -0.383 e. The molecule has 0 unspecified atom stereocenters. The van der Waals surface area contributed by atoms with Gasteiger partial charge in [0.2, 0.25) is 5.95 Å². The molecule has 0 radical (unpaired) electrons. The SMILES string of the molecule is Cc1cc(Nc2ncn(C(C)C)n2)cc(-c2cnc(C3(O)CCC3)s2)c1. The number of nitrogens with zero attached hydrogens (tertiary/aromatic N) is 4. The Labute approximate surface area is 156 Å². The van der Waals surface area contributed by atoms with Gasteiger partial charge >= 0.3 is 0 Å². The Morgan fingerprint density at radius 2 is 2.04 bits per heavy atom. The molecule has 1 saturated carbocycles. The Balaban J connectivity index is 1.59. The maximum absolute atomic E-state index is 10.5. The summed E-state index contributed by atoms with van der Waals surface area (Å²) in [5, 5.41) is 19.1. The highest BCUT2D eigenvalue weighted by atomic mass is 32.1. The predicted octanol–water partition coefficient (Wildman–Crippen LogP) is 4.41. The Morgan fingerprint density at radius 1 is 1.23 bits per heavy atom. The van der Waals surface area contributed by atoms with E-state index >= 15 is 0 Å². The monoisotopic (exact) mass is 369 g/mol. The van der Waals surface area contributed by atoms with Crippen molar-refractivity contribution in [3.63, 3.8) is 0 Å². The lowest BCUT2D eigenvalue weighted by Gasteiger charge is -2.34. The second-order valence-corrected chi connectivity index (χ2v) is 8.30. The molecule has 0 bridgehead atoms. The van der Waals surface area contributed by atoms with Crippen molar-refractivity contribution in [2.45, 2.75) is 51.7 Å². The van der Waals surface area contributed by atoms with Gasteiger partial charge in [-0.05, 0) is 63.3 Å². The normalized spacial score (nSPS) is 15.9. The van der Waals surface area contributed by atoms with Crippen molar-refractivity contribution in [1.29, 1.82) is 0 Å². The largest absolute Gasteiger partial charge is 0.383 e. The number of aryl methyl sites for hydroxylation is 1. The molecular formula is C19H23N5OS. The molecule has 26 heavy (non-hydrogen) atoms. The quantitative estimate of drug-likeness (QED) is 0.697. The minimum atomic E-state index is -0.707. The summed E-state index contributed by atoms with van der Waals surface area (Å²) < 4.78 is 1.83. The van der Waals surface area contributed by atoms with Gasteiger partial charge in [-0.1, -0.05) is 6.07 Å². The zero-order chi connectivity index (χ0) is 18.3. The molecule has 0 atom stereocenters. The molecule has 1 aliphatic rings. The van der Waals surface area contributed by atoms with Crippen LogP contribution in [0.3, 0.4) is 0 Å². The van der Waals surface area contributed by atoms with Crippen LogP contribution in [0.15, 0.2) is 30.7 Å². The molecule has 4 rings (SSSR count). The lowest BCUT2D eigenvalue weighted by atomic mass is 9.81. The third-order valence-corrected chi connectivity index (χ3v) is 5.98. The first-order valence-electron chi connectivity index (χ1n) is 8.92. The van der Waals surface area contributed by atoms with Crippen molar-refractivity contribution in [3.05, 3.63) is 41.3 Å². The van der Waals surface area contributed by atoms with E-state index < -0.39 is 5.60 Å². The molecule has 1 aliphatic carbocycles. The molecule has 136 valence electrons. The summed E-state index contributed by atoms with van der Waals surface area (Å²) in [5.41, 5.74) is 2.47. The van der Waals surface area contributed by atoms with Gasteiger partial charge < -0.3 is 10.4 Å². The second kappa shape index (κ2) is 6.48. The van der Waals surface area contributed by atoms with Crippen molar-refractivity contribution in [1.82, 2.24) is 19.7 Å². The van der Waals surface area contributed by atoms with E-state index in [1.807, 2.05) is 10.9 Å². The van der Waals surface area contributed by atoms with Gasteiger partial charge in [-0.25, -0.2) is 14.6 Å². The van der Waals surface area contributed by atoms with Crippen LogP contribution in [0.1, 0.15) is 49.7 Å². The van der Waals surface area contributed by atoms with Crippen LogP contribution < -0.4 is 5.32 Å². The lowest BCUT2D eigenvalue weighted by molar-refractivity contribution is -0.0389. The summed E-state index contributed by atoms with van der Waals surface area (Å²) in [4.78, 5) is 9.85. The van der Waals surface area contributed by atoms with Gasteiger partial charge in [-0.2, -0.15) is 0 Å². The molecule has 2 aromatic heterocycles. The van der Waals surface area contributed by atoms with Crippen molar-refractivity contribution in [3.8, 4) is 10.4 Å². The number of thiazole rings is 1. The number of benzene rings is 1. The predicted molar refractivity (Wildman–Crippen MR) is 104 cm³/mol. The van der Waals surface area contributed by atoms with Crippen LogP contribution in [0.2, 0.25) is 0 Å². The van der Waals surface area contributed by atoms with Crippen LogP contribution in [0.5, 0.6) is 0 Å². The van der Waals surface area contributed by atoms with Gasteiger partial charge in [0.05, 0.1) is 4.88 Å². The van der Waals surface area contributed by atoms with Crippen molar-refractivity contribution >= 4 is 23.0 Å². The highest BCUT2D eigenvalue weighted by Gasteiger charge is 2.39. The Bertz CT molecular complexity index is 926. The first kappa shape index (κ1) is 17.2. The molecule has 0 saturated heterocycles. The van der Waals surface area contributed by atoms with E-state index in [0.29, 0.717) is 5.95 Å². The van der Waals surface area contributed by atoms with Crippen molar-refractivity contribution in [2.75, 3.05) is 5.32 Å². The fourth-order valence-electron chi connectivity index (χ4n) is 3.06. The van der Waals surface area contributed by atoms with Crippen LogP contribution >= 0.6 is 11.3 Å². The number of rotatable bonds is 5. The number of anilines is 2. The van der Waals surface area contributed by atoms with E-state index in [-0.39, 0.29) is 6.04 Å². The summed E-state index contributed by atoms with van der Waals surface area (Å²) in [6.45, 7) is 6.21. The zero-order valence-electron chi connectivity index (χ0n) is 15.2. The second-order valence-electron chi connectivity index (χ2n) is 7.27. The fraction of sp³-hybridized carbons (Fsp3) is 0.421. The van der Waals surface area contributed by atoms with E-state index in [9.17, 15) is 5.11 Å². The molecule has 2 heterocycles. The third-order valence-electron chi connectivity index (χ3n) is 4.74. The molecule has 7 heteroatoms. The van der Waals surface area contributed by atoms with Crippen LogP contribution in [-0.4, -0.2) is 24.9 Å². The first-order valence-corrected chi connectivity index (χ1v) is 9.73. The van der Waals surface area contributed by atoms with Crippen LogP contribution in [0.4, 0.5) is 11.6 Å². The highest BCUT2D eigenvalue weighted by molar-refractivity contribution is 7.15. The van der Waals surface area contributed by atoms with Crippen LogP contribution in [0.25, 0.3) is 10.4 Å². The summed E-state index contributed by atoms with van der Waals surface area (Å²) in [6, 6.07) is 6.55. The average molecular weight is 369 g/mol. The van der Waals surface area contributed by atoms with E-state index in [2.05, 4.69) is 59.4 Å². The molecule has 3 aromatic rings. The van der Waals surface area contributed by atoms with Crippen molar-refractivity contribution in [2.24, 2.45) is 0 Å². The average Bonchev–Trinajstić information content (AvgIpc) is 3.21. The topological polar surface area (TPSA) is 75.9 Å². The highest BCUT2D eigenvalue weighted by Crippen LogP contribution is 2.44. The van der Waals surface area contributed by atoms with E-state index in [1.54, 1.807) is 17.7 Å². The number of hydrogen-bond donors (Lipinski definition) is 2. The summed E-state index contributed by atoms with van der Waals surface area (Å²) in [5.74, 6) is 0.587. The lowest BCUT2D eigenvalue weighted by Crippen LogP contribution is -2.33. The van der Waals surface area contributed by atoms with E-state index in [1.165, 1.54) is 0 Å². The maximum atomic E-state index is 10.5. The molecule has 1 fully saturated rings. The van der Waals surface area contributed by atoms with Crippen LogP contribution in [-0.2, 0) is 5.60 Å². The maximum Gasteiger partial charge on any atom is 0.246 e. The standard InChI is InChI=1S/C19H23N5OS/c1-12(2)24-11-21-18(23-24)22-15-8-13(3)7-14(9-15)16-10-20-17(26-16)19(25)5-4-6-19/h7-12,25H,4-6H2,1-3H3,(H,22,23). The Morgan fingerprint density at radius 3 is 2.69 bits per heavy atom. The molecule has 6 nitrogen and oxygen atoms in total. The minimum absolute atomic E-state index is 0.277. The van der Waals surface area contributed by atoms with Gasteiger partial charge in [-0.3, -0.25) is 0 Å². The van der Waals surface area contributed by atoms with Gasteiger partial charge in [0.25, 0.3) is 0 Å². The number of hydrogen-bond acceptors (Lipinski definition) is 6. The summed E-state index contributed by atoms with van der Waals surface area (Å²) >= 11 is 1.58. The molecule has 2 N–H and O–H groups in total. The van der Waals surface area contributed by atoms with E-state index in [4.69, 9.17) is 0 Å². The zero-order valence-corrected chi connectivity index (χ0v) is 16.0. The number of aliphatic hydroxyl groups is 1. The summed E-state index contributed by atoms with van der Waals surface area (Å²) in [7, 11) is 0. The molecule has 0 aliphatic heterocycles. The number of aromatic nitrogens is 4. The molecule has 0 spiro atoms. The van der Waals surface area contributed by atoms with Crippen molar-refractivity contribution < 1.29 is 5.11 Å². The van der Waals surface area contributed by atoms with Crippen LogP contribution in [0, 0.1) is 6.92 Å². The molecule has 0 amide bonds. The van der Waals surface area contributed by atoms with Gasteiger partial charge in [0.1, 0.15) is 16.9 Å². The number of nitrogens with one attached hydrogen (secondary N) is 1. The van der Waals surface area contributed by atoms with Gasteiger partial charge in [0.15, 0.2) is 0 Å². The Hall–Kier alpha value is -2.25. The smallest absolute Gasteiger partial charge is 0.246 e.